The fraction of sp³-hybridized carbons (Fsp3) is 0.304. The van der Waals surface area contributed by atoms with Crippen LogP contribution < -0.4 is 15.7 Å². The van der Waals surface area contributed by atoms with Crippen LogP contribution in [0.15, 0.2) is 57.7 Å². The van der Waals surface area contributed by atoms with Crippen LogP contribution >= 0.6 is 0 Å². The van der Waals surface area contributed by atoms with Gasteiger partial charge in [-0.25, -0.2) is 9.18 Å². The van der Waals surface area contributed by atoms with Gasteiger partial charge in [-0.3, -0.25) is 4.79 Å². The molecule has 1 atom stereocenters. The first-order valence-electron chi connectivity index (χ1n) is 9.72. The van der Waals surface area contributed by atoms with Crippen molar-refractivity contribution in [2.45, 2.75) is 39.2 Å². The Kier molecular flexibility index (Phi) is 6.65. The highest BCUT2D eigenvalue weighted by atomic mass is 19.1. The Bertz CT molecular complexity index is 1060. The smallest absolute Gasteiger partial charge is 0.336 e. The number of amides is 1. The van der Waals surface area contributed by atoms with E-state index in [4.69, 9.17) is 9.15 Å². The molecule has 1 amide bonds. The van der Waals surface area contributed by atoms with Crippen LogP contribution in [0.2, 0.25) is 0 Å². The molecule has 29 heavy (non-hydrogen) atoms. The highest BCUT2D eigenvalue weighted by Crippen LogP contribution is 2.24. The number of hydrogen-bond donors (Lipinski definition) is 1. The Hall–Kier alpha value is -3.15. The first-order chi connectivity index (χ1) is 14.0. The number of aryl methyl sites for hydroxylation is 1. The molecule has 0 aliphatic rings. The molecule has 0 spiro atoms. The lowest BCUT2D eigenvalue weighted by Crippen LogP contribution is -2.37. The second-order valence-electron chi connectivity index (χ2n) is 6.93. The van der Waals surface area contributed by atoms with Gasteiger partial charge in [0.15, 0.2) is 6.10 Å². The van der Waals surface area contributed by atoms with E-state index in [0.29, 0.717) is 24.3 Å². The van der Waals surface area contributed by atoms with Crippen molar-refractivity contribution in [3.63, 3.8) is 0 Å². The summed E-state index contributed by atoms with van der Waals surface area (Å²) < 4.78 is 24.2. The lowest BCUT2D eigenvalue weighted by Gasteiger charge is -2.15. The van der Waals surface area contributed by atoms with Crippen molar-refractivity contribution in [1.82, 2.24) is 5.32 Å². The molecule has 0 aliphatic heterocycles. The van der Waals surface area contributed by atoms with Gasteiger partial charge in [0, 0.05) is 24.1 Å². The number of carbonyl (C=O) groups excluding carboxylic acids is 1. The molecule has 1 aromatic heterocycles. The maximum absolute atomic E-state index is 13.2. The summed E-state index contributed by atoms with van der Waals surface area (Å²) in [6, 6.07) is 13.0. The summed E-state index contributed by atoms with van der Waals surface area (Å²) in [6.07, 6.45) is 1.50. The van der Waals surface area contributed by atoms with E-state index in [2.05, 4.69) is 5.32 Å². The summed E-state index contributed by atoms with van der Waals surface area (Å²) in [5, 5.41) is 3.65. The van der Waals surface area contributed by atoms with E-state index in [1.54, 1.807) is 25.1 Å². The zero-order valence-electron chi connectivity index (χ0n) is 16.5. The molecule has 1 heterocycles. The van der Waals surface area contributed by atoms with E-state index in [0.717, 1.165) is 29.4 Å². The molecule has 1 N–H and O–H groups in total. The zero-order chi connectivity index (χ0) is 20.8. The molecule has 2 aromatic carbocycles. The lowest BCUT2D eigenvalue weighted by atomic mass is 10.1. The van der Waals surface area contributed by atoms with Crippen molar-refractivity contribution in [2.24, 2.45) is 0 Å². The Balaban J connectivity index is 1.62. The van der Waals surface area contributed by atoms with Crippen LogP contribution in [0.4, 0.5) is 4.39 Å². The van der Waals surface area contributed by atoms with Crippen LogP contribution in [0.5, 0.6) is 5.75 Å². The van der Waals surface area contributed by atoms with E-state index in [9.17, 15) is 14.0 Å². The van der Waals surface area contributed by atoms with Gasteiger partial charge in [-0.05, 0) is 55.2 Å². The molecule has 5 nitrogen and oxygen atoms in total. The minimum atomic E-state index is -0.731. The first-order valence-corrected chi connectivity index (χ1v) is 9.72. The Morgan fingerprint density at radius 3 is 2.76 bits per heavy atom. The summed E-state index contributed by atoms with van der Waals surface area (Å²) in [5.41, 5.74) is 1.79. The van der Waals surface area contributed by atoms with Crippen molar-refractivity contribution >= 4 is 16.9 Å². The SMILES string of the molecule is CCCc1cc(=O)oc2cc(O[C@@H](C)C(=O)NCCc3cccc(F)c3)ccc12. The Morgan fingerprint density at radius 2 is 2.00 bits per heavy atom. The minimum Gasteiger partial charge on any atom is -0.481 e. The van der Waals surface area contributed by atoms with Crippen LogP contribution in [0, 0.1) is 5.82 Å². The maximum atomic E-state index is 13.2. The summed E-state index contributed by atoms with van der Waals surface area (Å²) in [6.45, 7) is 4.07. The molecule has 3 aromatic rings. The van der Waals surface area contributed by atoms with Gasteiger partial charge >= 0.3 is 5.63 Å². The van der Waals surface area contributed by atoms with Gasteiger partial charge < -0.3 is 14.5 Å². The van der Waals surface area contributed by atoms with Crippen molar-refractivity contribution in [3.8, 4) is 5.75 Å². The summed E-state index contributed by atoms with van der Waals surface area (Å²) >= 11 is 0. The summed E-state index contributed by atoms with van der Waals surface area (Å²) in [5.74, 6) is -0.125. The van der Waals surface area contributed by atoms with Crippen LogP contribution in [0.3, 0.4) is 0 Å². The molecule has 152 valence electrons. The monoisotopic (exact) mass is 397 g/mol. The topological polar surface area (TPSA) is 68.5 Å². The second kappa shape index (κ2) is 9.37. The quantitative estimate of drug-likeness (QED) is 0.583. The molecule has 0 bridgehead atoms. The van der Waals surface area contributed by atoms with E-state index in [1.807, 2.05) is 19.1 Å². The number of fused-ring (bicyclic) bond motifs is 1. The van der Waals surface area contributed by atoms with E-state index < -0.39 is 11.7 Å². The largest absolute Gasteiger partial charge is 0.481 e. The average Bonchev–Trinajstić information content (AvgIpc) is 2.67. The molecule has 0 radical (unpaired) electrons. The number of halogens is 1. The number of hydrogen-bond acceptors (Lipinski definition) is 4. The van der Waals surface area contributed by atoms with Gasteiger partial charge in [-0.15, -0.1) is 0 Å². The predicted octanol–water partition coefficient (Wildman–Crippen LogP) is 4.01. The van der Waals surface area contributed by atoms with E-state index in [1.165, 1.54) is 18.2 Å². The van der Waals surface area contributed by atoms with Gasteiger partial charge in [0.2, 0.25) is 0 Å². The molecule has 3 rings (SSSR count). The minimum absolute atomic E-state index is 0.275. The molecule has 6 heteroatoms. The van der Waals surface area contributed by atoms with Gasteiger partial charge in [-0.1, -0.05) is 25.5 Å². The second-order valence-corrected chi connectivity index (χ2v) is 6.93. The van der Waals surface area contributed by atoms with Crippen LogP contribution in [0.25, 0.3) is 11.0 Å². The predicted molar refractivity (Wildman–Crippen MR) is 110 cm³/mol. The zero-order valence-corrected chi connectivity index (χ0v) is 16.5. The van der Waals surface area contributed by atoms with E-state index in [-0.39, 0.29) is 11.7 Å². The molecule has 0 fully saturated rings. The average molecular weight is 397 g/mol. The van der Waals surface area contributed by atoms with Gasteiger partial charge in [0.05, 0.1) is 0 Å². The van der Waals surface area contributed by atoms with Gasteiger partial charge in [0.1, 0.15) is 17.1 Å². The van der Waals surface area contributed by atoms with Crippen LogP contribution in [-0.4, -0.2) is 18.6 Å². The normalized spacial score (nSPS) is 12.0. The Labute approximate surface area is 168 Å². The van der Waals surface area contributed by atoms with Gasteiger partial charge in [0.25, 0.3) is 5.91 Å². The third-order valence-electron chi connectivity index (χ3n) is 4.61. The summed E-state index contributed by atoms with van der Waals surface area (Å²) in [7, 11) is 0. The fourth-order valence-electron chi connectivity index (χ4n) is 3.18. The maximum Gasteiger partial charge on any atom is 0.336 e. The molecular formula is C23H24FNO4. The standard InChI is InChI=1S/C23H24FNO4/c1-3-5-17-13-22(26)29-21-14-19(8-9-20(17)21)28-15(2)23(27)25-11-10-16-6-4-7-18(24)12-16/h4,6-9,12-15H,3,5,10-11H2,1-2H3,(H,25,27)/t15-/m0/s1. The molecular weight excluding hydrogens is 373 g/mol. The van der Waals surface area contributed by atoms with Crippen molar-refractivity contribution in [3.05, 3.63) is 75.9 Å². The van der Waals surface area contributed by atoms with Crippen LogP contribution in [0.1, 0.15) is 31.4 Å². The number of nitrogens with one attached hydrogen (secondary N) is 1. The van der Waals surface area contributed by atoms with Crippen molar-refractivity contribution < 1.29 is 18.3 Å². The molecule has 0 aliphatic carbocycles. The highest BCUT2D eigenvalue weighted by Gasteiger charge is 2.15. The van der Waals surface area contributed by atoms with Crippen molar-refractivity contribution in [2.75, 3.05) is 6.54 Å². The lowest BCUT2D eigenvalue weighted by molar-refractivity contribution is -0.127. The third kappa shape index (κ3) is 5.44. The number of ether oxygens (including phenoxy) is 1. The van der Waals surface area contributed by atoms with Crippen molar-refractivity contribution in [1.29, 1.82) is 0 Å². The van der Waals surface area contributed by atoms with Crippen LogP contribution in [-0.2, 0) is 17.6 Å². The first kappa shape index (κ1) is 20.6. The Morgan fingerprint density at radius 1 is 1.17 bits per heavy atom. The summed E-state index contributed by atoms with van der Waals surface area (Å²) in [4.78, 5) is 24.1. The number of benzene rings is 2. The highest BCUT2D eigenvalue weighted by molar-refractivity contribution is 5.83. The number of carbonyl (C=O) groups is 1. The molecule has 0 unspecified atom stereocenters. The number of rotatable bonds is 8. The fourth-order valence-corrected chi connectivity index (χ4v) is 3.18. The van der Waals surface area contributed by atoms with E-state index >= 15 is 0 Å². The van der Waals surface area contributed by atoms with Gasteiger partial charge in [-0.2, -0.15) is 0 Å². The third-order valence-corrected chi connectivity index (χ3v) is 4.61. The molecule has 0 saturated carbocycles. The molecule has 0 saturated heterocycles.